The Morgan fingerprint density at radius 3 is 2.27 bits per heavy atom. The van der Waals surface area contributed by atoms with E-state index in [0.717, 1.165) is 56.7 Å². The smallest absolute Gasteiger partial charge is 0.358 e. The normalized spacial score (nSPS) is 25.4. The van der Waals surface area contributed by atoms with Crippen LogP contribution in [0.3, 0.4) is 0 Å². The molecule has 2 saturated heterocycles. The Kier molecular flexibility index (Phi) is 18.5. The van der Waals surface area contributed by atoms with Gasteiger partial charge in [-0.3, -0.25) is 33.7 Å². The third kappa shape index (κ3) is 12.9. The second-order valence-corrected chi connectivity index (χ2v) is 28.1. The third-order valence-corrected chi connectivity index (χ3v) is 21.7. The number of methoxy groups -OCH3 is 1. The molecule has 8 aromatic rings. The van der Waals surface area contributed by atoms with Crippen LogP contribution in [0.1, 0.15) is 132 Å². The van der Waals surface area contributed by atoms with Crippen molar-refractivity contribution in [2.45, 2.75) is 121 Å². The molecule has 99 heavy (non-hydrogen) atoms. The fraction of sp³-hybridized carbons (Fsp3) is 0.355. The maximum Gasteiger partial charge on any atom is 0.358 e. The van der Waals surface area contributed by atoms with E-state index in [1.807, 2.05) is 32.7 Å². The van der Waals surface area contributed by atoms with E-state index in [-0.39, 0.29) is 117 Å². The van der Waals surface area contributed by atoms with E-state index in [2.05, 4.69) is 48.1 Å². The van der Waals surface area contributed by atoms with Gasteiger partial charge in [-0.2, -0.15) is 4.73 Å². The molecule has 11 atom stereocenters. The number of hydrogen-bond acceptors (Lipinski definition) is 30. The Bertz CT molecular complexity index is 4690. The summed E-state index contributed by atoms with van der Waals surface area (Å²) in [5.41, 5.74) is 2.83. The molecule has 12 bridgehead atoms. The van der Waals surface area contributed by atoms with Crippen molar-refractivity contribution < 1.29 is 86.9 Å². The molecule has 7 aromatic heterocycles. The molecule has 0 radical (unpaired) electrons. The fourth-order valence-corrected chi connectivity index (χ4v) is 16.5. The SMILES string of the molecule is C=C(NC(=O)c1csc(-c2nc3c(cc2O)-c2nc(cs2)C(=O)NC(C(C)O)C(=O)N/C(=C(\C)OC)c2nc(cs2)C(=O)NC2c4nc(cs4)C(=O)NC(COC(=O)c4c5c6c(cccc6n4O)COC(=O)C(OC4CC6(C)OC(C)N(C)C6C(C)O4)C2OC5)c2nc-3cs2)n1)C(N)=O. The molecular formula is C62H60N14O18S5. The molecule has 13 rings (SSSR count). The van der Waals surface area contributed by atoms with Gasteiger partial charge in [-0.1, -0.05) is 18.7 Å². The van der Waals surface area contributed by atoms with Crippen LogP contribution in [0.5, 0.6) is 5.75 Å². The number of aromatic nitrogens is 7. The quantitative estimate of drug-likeness (QED) is 0.0433. The predicted molar refractivity (Wildman–Crippen MR) is 352 cm³/mol. The van der Waals surface area contributed by atoms with Crippen molar-refractivity contribution in [1.82, 2.24) is 66.1 Å². The summed E-state index contributed by atoms with van der Waals surface area (Å²) in [5.74, 6) is -8.11. The number of fused-ring (bicyclic) bond motifs is 16. The second-order valence-electron chi connectivity index (χ2n) is 23.7. The molecule has 0 aliphatic carbocycles. The summed E-state index contributed by atoms with van der Waals surface area (Å²) in [7, 11) is 3.22. The van der Waals surface area contributed by atoms with E-state index in [4.69, 9.17) is 53.8 Å². The van der Waals surface area contributed by atoms with Crippen molar-refractivity contribution >= 4 is 121 Å². The number of aliphatic hydroxyl groups excluding tert-OH is 1. The highest BCUT2D eigenvalue weighted by atomic mass is 32.1. The standard InChI is InChI=1S/C62H60N14O18S5/c1-22(49(63)79)64-50(80)32-19-98-58(69-32)43-37(78)12-28-42(71-43)31-17-96-56(66-31)30-16-91-60(85)45-29-15-89-46(47(61(86)90-14-27-10-9-11-36(39(27)29)76(45)87)93-38-13-62(6)48(25(4)92-38)75(7)26(5)94-62)44(59-70-33(20-99-59)51(81)65-30)74-53(83)35-21-97-57(68-35)41(24(3)88-8)73-54(84)40(23(2)77)72-52(82)34-18-95-55(28)67-34/h9-12,17-21,23,25-26,30,38,40,44,46-48,77-78,87H,1,13-16H2,2-8H3,(H2,63,79)(H,64,80)(H,65,81)(H,72,82)(H,73,84)(H,74,83)/b41-24+. The molecule has 5 aliphatic rings. The molecule has 0 saturated carbocycles. The number of hydrogen-bond donors (Lipinski definition) is 9. The van der Waals surface area contributed by atoms with Gasteiger partial charge in [-0.15, -0.1) is 56.7 Å². The number of amides is 6. The number of thiazole rings is 5. The molecule has 37 heteroatoms. The molecule has 516 valence electrons. The lowest BCUT2D eigenvalue weighted by atomic mass is 9.86. The first kappa shape index (κ1) is 68.0. The first-order chi connectivity index (χ1) is 47.3. The number of allylic oxidation sites excluding steroid dienone is 1. The van der Waals surface area contributed by atoms with E-state index in [0.29, 0.717) is 10.3 Å². The van der Waals surface area contributed by atoms with Crippen molar-refractivity contribution in [2.24, 2.45) is 5.73 Å². The number of carbonyl (C=O) groups excluding carboxylic acids is 8. The number of likely N-dealkylation sites (N-methyl/N-ethyl adjacent to an activating group) is 1. The summed E-state index contributed by atoms with van der Waals surface area (Å²) < 4.78 is 45.2. The van der Waals surface area contributed by atoms with Gasteiger partial charge in [0.25, 0.3) is 29.5 Å². The number of pyridine rings is 1. The number of esters is 2. The van der Waals surface area contributed by atoms with Gasteiger partial charge in [0.1, 0.15) is 126 Å². The minimum atomic E-state index is -1.85. The van der Waals surface area contributed by atoms with Gasteiger partial charge in [0.2, 0.25) is 5.91 Å². The van der Waals surface area contributed by atoms with Crippen LogP contribution in [0.25, 0.3) is 49.3 Å². The molecule has 5 aliphatic heterocycles. The van der Waals surface area contributed by atoms with Crippen LogP contribution in [0.4, 0.5) is 0 Å². The molecule has 11 unspecified atom stereocenters. The largest absolute Gasteiger partial charge is 0.506 e. The van der Waals surface area contributed by atoms with Crippen LogP contribution in [0.15, 0.2) is 69.2 Å². The highest BCUT2D eigenvalue weighted by Gasteiger charge is 2.56. The highest BCUT2D eigenvalue weighted by molar-refractivity contribution is 7.14. The van der Waals surface area contributed by atoms with Gasteiger partial charge in [0, 0.05) is 49.8 Å². The van der Waals surface area contributed by atoms with Crippen LogP contribution < -0.4 is 32.3 Å². The van der Waals surface area contributed by atoms with Crippen LogP contribution in [-0.2, 0) is 60.8 Å². The molecule has 12 heterocycles. The number of rotatable bonds is 8. The minimum absolute atomic E-state index is 0.00319. The van der Waals surface area contributed by atoms with Gasteiger partial charge in [-0.05, 0) is 59.4 Å². The number of nitrogens with one attached hydrogen (secondary N) is 5. The van der Waals surface area contributed by atoms with Crippen molar-refractivity contribution in [3.05, 3.63) is 124 Å². The van der Waals surface area contributed by atoms with Crippen molar-refractivity contribution in [3.8, 4) is 38.4 Å². The Labute approximate surface area is 580 Å². The van der Waals surface area contributed by atoms with Gasteiger partial charge < -0.3 is 80.9 Å². The summed E-state index contributed by atoms with van der Waals surface area (Å²) in [6, 6.07) is 1.07. The Balaban J connectivity index is 0.983. The number of nitrogens with two attached hydrogens (primary N) is 1. The highest BCUT2D eigenvalue weighted by Crippen LogP contribution is 2.45. The molecule has 1 aromatic carbocycles. The Morgan fingerprint density at radius 2 is 1.53 bits per heavy atom. The second kappa shape index (κ2) is 26.9. The van der Waals surface area contributed by atoms with Crippen molar-refractivity contribution in [3.63, 3.8) is 0 Å². The number of cyclic esters (lactones) is 2. The Morgan fingerprint density at radius 1 is 0.848 bits per heavy atom. The average Bonchev–Trinajstić information content (AvgIpc) is 1.61. The summed E-state index contributed by atoms with van der Waals surface area (Å²) in [6.07, 6.45) is -7.15. The molecule has 2 fully saturated rings. The number of nitrogens with zero attached hydrogens (tertiary/aromatic N) is 8. The summed E-state index contributed by atoms with van der Waals surface area (Å²) in [5, 5.41) is 55.7. The summed E-state index contributed by atoms with van der Waals surface area (Å²) >= 11 is 4.53. The van der Waals surface area contributed by atoms with Crippen molar-refractivity contribution in [2.75, 3.05) is 20.8 Å². The van der Waals surface area contributed by atoms with E-state index in [9.17, 15) is 34.6 Å². The first-order valence-corrected chi connectivity index (χ1v) is 34.7. The van der Waals surface area contributed by atoms with E-state index < -0.39 is 139 Å². The number of carbonyl (C=O) groups is 8. The van der Waals surface area contributed by atoms with Crippen molar-refractivity contribution in [1.29, 1.82) is 0 Å². The van der Waals surface area contributed by atoms with E-state index >= 15 is 19.2 Å². The zero-order valence-corrected chi connectivity index (χ0v) is 57.2. The van der Waals surface area contributed by atoms with E-state index in [1.165, 1.54) is 60.0 Å². The number of aromatic hydroxyl groups is 1. The summed E-state index contributed by atoms with van der Waals surface area (Å²) in [6.45, 7) is 10.1. The first-order valence-electron chi connectivity index (χ1n) is 30.3. The maximum absolute atomic E-state index is 15.2. The summed E-state index contributed by atoms with van der Waals surface area (Å²) in [4.78, 5) is 144. The lowest BCUT2D eigenvalue weighted by Gasteiger charge is -2.45. The number of ether oxygens (including phenoxy) is 7. The molecule has 6 amide bonds. The topological polar surface area (TPSA) is 434 Å². The minimum Gasteiger partial charge on any atom is -0.506 e. The molecular weight excluding hydrogens is 1390 g/mol. The maximum atomic E-state index is 15.2. The molecule has 32 nitrogen and oxygen atoms in total. The zero-order valence-electron chi connectivity index (χ0n) is 53.2. The van der Waals surface area contributed by atoms with Crippen LogP contribution in [-0.4, -0.2) is 178 Å². The van der Waals surface area contributed by atoms with Gasteiger partial charge >= 0.3 is 11.9 Å². The number of benzene rings is 1. The molecule has 0 spiro atoms. The van der Waals surface area contributed by atoms with Gasteiger partial charge in [0.15, 0.2) is 18.1 Å². The number of aliphatic hydroxyl groups is 1. The lowest BCUT2D eigenvalue weighted by Crippen LogP contribution is -2.58. The third-order valence-electron chi connectivity index (χ3n) is 17.2. The number of primary amides is 1. The zero-order chi connectivity index (χ0) is 70.2. The van der Waals surface area contributed by atoms with Crippen LogP contribution >= 0.6 is 56.7 Å². The monoisotopic (exact) mass is 1450 g/mol. The fourth-order valence-electron chi connectivity index (χ4n) is 12.3. The molecule has 10 N–H and O–H groups in total. The predicted octanol–water partition coefficient (Wildman–Crippen LogP) is 4.65. The Hall–Kier alpha value is -9.54. The van der Waals surface area contributed by atoms with Gasteiger partial charge in [-0.25, -0.2) is 39.5 Å². The average molecular weight is 1450 g/mol. The van der Waals surface area contributed by atoms with Gasteiger partial charge in [0.05, 0.1) is 48.8 Å². The van der Waals surface area contributed by atoms with Crippen LogP contribution in [0.2, 0.25) is 0 Å². The lowest BCUT2D eigenvalue weighted by molar-refractivity contribution is -0.269. The van der Waals surface area contributed by atoms with E-state index in [1.54, 1.807) is 12.1 Å². The van der Waals surface area contributed by atoms with Crippen LogP contribution in [0, 0.1) is 0 Å².